The number of hydrogen-bond donors (Lipinski definition) is 5. The average Bonchev–Trinajstić information content (AvgIpc) is 2.64. The van der Waals surface area contributed by atoms with Crippen molar-refractivity contribution in [3.8, 4) is 11.5 Å². The van der Waals surface area contributed by atoms with Gasteiger partial charge in [0.1, 0.15) is 17.5 Å². The molecule has 1 saturated heterocycles. The molecule has 0 aliphatic carbocycles. The van der Waals surface area contributed by atoms with E-state index in [1.165, 1.54) is 6.07 Å². The summed E-state index contributed by atoms with van der Waals surface area (Å²) in [7, 11) is 0. The number of phenols is 2. The van der Waals surface area contributed by atoms with Crippen LogP contribution < -0.4 is 5.32 Å². The molecular formula is C20H30N2O6. The van der Waals surface area contributed by atoms with Crippen molar-refractivity contribution < 1.29 is 30.0 Å². The van der Waals surface area contributed by atoms with Gasteiger partial charge in [0.25, 0.3) is 5.91 Å². The third-order valence-corrected chi connectivity index (χ3v) is 5.32. The van der Waals surface area contributed by atoms with Crippen LogP contribution in [0.15, 0.2) is 12.1 Å². The first-order chi connectivity index (χ1) is 13.2. The summed E-state index contributed by atoms with van der Waals surface area (Å²) in [5.74, 6) is -1.16. The van der Waals surface area contributed by atoms with Crippen LogP contribution in [0.1, 0.15) is 54.9 Å². The standard InChI is InChI=1S/C20H30N2O6/c1-12(2)14-9-15(18(25)10-17(14)24)19(26)22-7-4-13(5-8-22)3-6-21-16(11-23)20(27)28/h9-10,12-13,16,21,23-25H,3-8,11H2,1-2H3,(H,27,28)/t16-/m0/s1. The van der Waals surface area contributed by atoms with E-state index in [1.54, 1.807) is 11.0 Å². The van der Waals surface area contributed by atoms with Crippen LogP contribution in [-0.2, 0) is 4.79 Å². The number of carbonyl (C=O) groups is 2. The Morgan fingerprint density at radius 1 is 1.18 bits per heavy atom. The van der Waals surface area contributed by atoms with E-state index in [0.29, 0.717) is 31.1 Å². The van der Waals surface area contributed by atoms with Crippen molar-refractivity contribution in [3.05, 3.63) is 23.3 Å². The van der Waals surface area contributed by atoms with Crippen molar-refractivity contribution in [3.63, 3.8) is 0 Å². The van der Waals surface area contributed by atoms with Crippen LogP contribution in [0.25, 0.3) is 0 Å². The molecule has 1 aliphatic rings. The Labute approximate surface area is 164 Å². The zero-order chi connectivity index (χ0) is 20.8. The zero-order valence-electron chi connectivity index (χ0n) is 16.4. The van der Waals surface area contributed by atoms with Crippen LogP contribution in [0, 0.1) is 5.92 Å². The molecular weight excluding hydrogens is 364 g/mol. The van der Waals surface area contributed by atoms with Crippen molar-refractivity contribution in [2.75, 3.05) is 26.2 Å². The zero-order valence-corrected chi connectivity index (χ0v) is 16.4. The Kier molecular flexibility index (Phi) is 7.65. The molecule has 5 N–H and O–H groups in total. The van der Waals surface area contributed by atoms with E-state index in [1.807, 2.05) is 13.8 Å². The number of nitrogens with one attached hydrogen (secondary N) is 1. The maximum Gasteiger partial charge on any atom is 0.323 e. The second kappa shape index (κ2) is 9.75. The Hall–Kier alpha value is -2.32. The Morgan fingerprint density at radius 2 is 1.82 bits per heavy atom. The minimum atomic E-state index is -1.07. The van der Waals surface area contributed by atoms with Gasteiger partial charge in [-0.15, -0.1) is 0 Å². The van der Waals surface area contributed by atoms with Gasteiger partial charge in [-0.25, -0.2) is 0 Å². The fraction of sp³-hybridized carbons (Fsp3) is 0.600. The van der Waals surface area contributed by atoms with E-state index in [4.69, 9.17) is 10.2 Å². The van der Waals surface area contributed by atoms with Crippen LogP contribution in [0.3, 0.4) is 0 Å². The predicted molar refractivity (Wildman–Crippen MR) is 104 cm³/mol. The molecule has 1 aromatic rings. The number of aliphatic carboxylic acids is 1. The summed E-state index contributed by atoms with van der Waals surface area (Å²) in [6.07, 6.45) is 2.36. The molecule has 0 aromatic heterocycles. The van der Waals surface area contributed by atoms with Crippen LogP contribution in [0.2, 0.25) is 0 Å². The summed E-state index contributed by atoms with van der Waals surface area (Å²) >= 11 is 0. The lowest BCUT2D eigenvalue weighted by Crippen LogP contribution is -2.42. The van der Waals surface area contributed by atoms with Crippen molar-refractivity contribution in [1.29, 1.82) is 0 Å². The van der Waals surface area contributed by atoms with Crippen LogP contribution >= 0.6 is 0 Å². The normalized spacial score (nSPS) is 16.4. The number of aliphatic hydroxyl groups excluding tert-OH is 1. The summed E-state index contributed by atoms with van der Waals surface area (Å²) in [6.45, 7) is 4.98. The number of carboxylic acid groups (broad SMARTS) is 1. The number of benzene rings is 1. The van der Waals surface area contributed by atoms with Crippen molar-refractivity contribution in [2.24, 2.45) is 5.92 Å². The molecule has 1 amide bonds. The Morgan fingerprint density at radius 3 is 2.36 bits per heavy atom. The number of likely N-dealkylation sites (tertiary alicyclic amines) is 1. The second-order valence-corrected chi connectivity index (χ2v) is 7.63. The molecule has 1 fully saturated rings. The number of rotatable bonds is 8. The van der Waals surface area contributed by atoms with Gasteiger partial charge in [0.05, 0.1) is 12.2 Å². The molecule has 1 aromatic carbocycles. The molecule has 1 heterocycles. The number of amides is 1. The first-order valence-corrected chi connectivity index (χ1v) is 9.66. The quantitative estimate of drug-likeness (QED) is 0.452. The maximum absolute atomic E-state index is 12.8. The van der Waals surface area contributed by atoms with Gasteiger partial charge >= 0.3 is 5.97 Å². The van der Waals surface area contributed by atoms with E-state index in [9.17, 15) is 19.8 Å². The Balaban J connectivity index is 1.90. The van der Waals surface area contributed by atoms with Crippen molar-refractivity contribution in [2.45, 2.75) is 45.1 Å². The number of nitrogens with zero attached hydrogens (tertiary/aromatic N) is 1. The molecule has 1 atom stereocenters. The summed E-state index contributed by atoms with van der Waals surface area (Å²) in [5, 5.41) is 40.8. The van der Waals surface area contributed by atoms with Crippen molar-refractivity contribution >= 4 is 11.9 Å². The molecule has 8 nitrogen and oxygen atoms in total. The molecule has 0 spiro atoms. The molecule has 0 bridgehead atoms. The fourth-order valence-corrected chi connectivity index (χ4v) is 3.51. The number of aromatic hydroxyl groups is 2. The smallest absolute Gasteiger partial charge is 0.323 e. The minimum Gasteiger partial charge on any atom is -0.508 e. The number of carboxylic acids is 1. The minimum absolute atomic E-state index is 0.0159. The number of phenolic OH excluding ortho intramolecular Hbond substituents is 2. The van der Waals surface area contributed by atoms with Gasteiger partial charge in [0.15, 0.2) is 0 Å². The highest BCUT2D eigenvalue weighted by molar-refractivity contribution is 5.97. The van der Waals surface area contributed by atoms with Gasteiger partial charge in [-0.2, -0.15) is 0 Å². The van der Waals surface area contributed by atoms with Crippen LogP contribution in [0.4, 0.5) is 0 Å². The predicted octanol–water partition coefficient (Wildman–Crippen LogP) is 1.50. The lowest BCUT2D eigenvalue weighted by molar-refractivity contribution is -0.140. The largest absolute Gasteiger partial charge is 0.508 e. The molecule has 8 heteroatoms. The van der Waals surface area contributed by atoms with Crippen molar-refractivity contribution in [1.82, 2.24) is 10.2 Å². The van der Waals surface area contributed by atoms with Gasteiger partial charge in [-0.1, -0.05) is 13.8 Å². The third-order valence-electron chi connectivity index (χ3n) is 5.32. The SMILES string of the molecule is CC(C)c1cc(C(=O)N2CCC(CCN[C@@H](CO)C(=O)O)CC2)c(O)cc1O. The van der Waals surface area contributed by atoms with E-state index in [0.717, 1.165) is 19.3 Å². The third kappa shape index (κ3) is 5.36. The van der Waals surface area contributed by atoms with E-state index in [-0.39, 0.29) is 28.9 Å². The van der Waals surface area contributed by atoms with Gasteiger partial charge in [0, 0.05) is 19.2 Å². The topological polar surface area (TPSA) is 130 Å². The van der Waals surface area contributed by atoms with Gasteiger partial charge < -0.3 is 30.6 Å². The lowest BCUT2D eigenvalue weighted by Gasteiger charge is -2.32. The monoisotopic (exact) mass is 394 g/mol. The highest BCUT2D eigenvalue weighted by atomic mass is 16.4. The first-order valence-electron chi connectivity index (χ1n) is 9.66. The highest BCUT2D eigenvalue weighted by Gasteiger charge is 2.26. The van der Waals surface area contributed by atoms with Crippen LogP contribution in [-0.4, -0.2) is 69.5 Å². The average molecular weight is 394 g/mol. The Bertz CT molecular complexity index is 698. The molecule has 1 aliphatic heterocycles. The lowest BCUT2D eigenvalue weighted by atomic mass is 9.92. The molecule has 0 saturated carbocycles. The number of hydrogen-bond acceptors (Lipinski definition) is 6. The number of aliphatic hydroxyl groups is 1. The molecule has 0 unspecified atom stereocenters. The second-order valence-electron chi connectivity index (χ2n) is 7.63. The maximum atomic E-state index is 12.8. The summed E-state index contributed by atoms with van der Waals surface area (Å²) in [5.41, 5.74) is 0.827. The van der Waals surface area contributed by atoms with Gasteiger partial charge in [-0.3, -0.25) is 9.59 Å². The van der Waals surface area contributed by atoms with Crippen LogP contribution in [0.5, 0.6) is 11.5 Å². The molecule has 2 rings (SSSR count). The van der Waals surface area contributed by atoms with E-state index >= 15 is 0 Å². The molecule has 0 radical (unpaired) electrons. The summed E-state index contributed by atoms with van der Waals surface area (Å²) in [4.78, 5) is 25.4. The van der Waals surface area contributed by atoms with E-state index in [2.05, 4.69) is 5.32 Å². The molecule has 156 valence electrons. The van der Waals surface area contributed by atoms with E-state index < -0.39 is 18.6 Å². The molecule has 28 heavy (non-hydrogen) atoms. The van der Waals surface area contributed by atoms with Gasteiger partial charge in [0.2, 0.25) is 0 Å². The first kappa shape index (κ1) is 22.0. The van der Waals surface area contributed by atoms with Gasteiger partial charge in [-0.05, 0) is 49.3 Å². The highest BCUT2D eigenvalue weighted by Crippen LogP contribution is 2.33. The number of carbonyl (C=O) groups excluding carboxylic acids is 1. The number of piperidine rings is 1. The fourth-order valence-electron chi connectivity index (χ4n) is 3.51. The summed E-state index contributed by atoms with van der Waals surface area (Å²) < 4.78 is 0. The summed E-state index contributed by atoms with van der Waals surface area (Å²) in [6, 6.07) is 1.84.